The third kappa shape index (κ3) is 3.03. The topological polar surface area (TPSA) is 62.3 Å². The second kappa shape index (κ2) is 6.63. The summed E-state index contributed by atoms with van der Waals surface area (Å²) in [4.78, 5) is 0. The highest BCUT2D eigenvalue weighted by molar-refractivity contribution is 5.49. The van der Waals surface area contributed by atoms with Gasteiger partial charge in [0.1, 0.15) is 0 Å². The van der Waals surface area contributed by atoms with Gasteiger partial charge in [0.25, 0.3) is 0 Å². The molecule has 0 amide bonds. The minimum absolute atomic E-state index is 0.493. The Morgan fingerprint density at radius 3 is 2.33 bits per heavy atom. The molecule has 5 nitrogen and oxygen atoms in total. The van der Waals surface area contributed by atoms with Crippen LogP contribution >= 0.6 is 0 Å². The number of ether oxygens (including phenoxy) is 2. The molecule has 1 heterocycles. The van der Waals surface area contributed by atoms with Gasteiger partial charge < -0.3 is 15.2 Å². The van der Waals surface area contributed by atoms with E-state index in [1.165, 1.54) is 0 Å². The third-order valence-corrected chi connectivity index (χ3v) is 3.42. The van der Waals surface area contributed by atoms with Gasteiger partial charge in [0.05, 0.1) is 24.6 Å². The molecular formula is C16H23N3O2. The van der Waals surface area contributed by atoms with Crippen molar-refractivity contribution in [2.24, 2.45) is 5.73 Å². The molecule has 0 saturated heterocycles. The average Bonchev–Trinajstić information content (AvgIpc) is 2.76. The smallest absolute Gasteiger partial charge is 0.163 e. The third-order valence-electron chi connectivity index (χ3n) is 3.42. The lowest BCUT2D eigenvalue weighted by Gasteiger charge is -2.13. The van der Waals surface area contributed by atoms with Gasteiger partial charge in [0, 0.05) is 23.9 Å². The predicted molar refractivity (Wildman–Crippen MR) is 83.3 cm³/mol. The van der Waals surface area contributed by atoms with E-state index >= 15 is 0 Å². The molecule has 0 aliphatic heterocycles. The van der Waals surface area contributed by atoms with Crippen molar-refractivity contribution in [3.8, 4) is 17.2 Å². The number of hydrogen-bond donors (Lipinski definition) is 1. The highest BCUT2D eigenvalue weighted by atomic mass is 16.5. The molecular weight excluding hydrogens is 266 g/mol. The molecule has 1 aromatic heterocycles. The van der Waals surface area contributed by atoms with Crippen LogP contribution in [0.25, 0.3) is 5.69 Å². The fourth-order valence-corrected chi connectivity index (χ4v) is 2.39. The standard InChI is InChI=1S/C16H23N3O2/c1-5-20-15-8-7-13(9-16(15)21-6-2)19-12(4)14(10-17)11(3)18-19/h7-9H,5-6,10,17H2,1-4H3. The lowest BCUT2D eigenvalue weighted by atomic mass is 10.2. The number of rotatable bonds is 6. The molecule has 0 spiro atoms. The molecule has 0 atom stereocenters. The summed E-state index contributed by atoms with van der Waals surface area (Å²) in [5.41, 5.74) is 9.83. The predicted octanol–water partition coefficient (Wildman–Crippen LogP) is 2.75. The minimum atomic E-state index is 0.493. The van der Waals surface area contributed by atoms with E-state index < -0.39 is 0 Å². The number of aryl methyl sites for hydroxylation is 1. The zero-order chi connectivity index (χ0) is 15.4. The number of nitrogens with two attached hydrogens (primary N) is 1. The van der Waals surface area contributed by atoms with Gasteiger partial charge in [-0.3, -0.25) is 0 Å². The first-order chi connectivity index (χ1) is 10.1. The fourth-order valence-electron chi connectivity index (χ4n) is 2.39. The van der Waals surface area contributed by atoms with E-state index in [0.717, 1.165) is 34.1 Å². The van der Waals surface area contributed by atoms with E-state index in [1.54, 1.807) is 0 Å². The van der Waals surface area contributed by atoms with Crippen LogP contribution < -0.4 is 15.2 Å². The summed E-state index contributed by atoms with van der Waals surface area (Å²) >= 11 is 0. The monoisotopic (exact) mass is 289 g/mol. The number of benzene rings is 1. The average molecular weight is 289 g/mol. The minimum Gasteiger partial charge on any atom is -0.490 e. The van der Waals surface area contributed by atoms with Crippen LogP contribution in [0.15, 0.2) is 18.2 Å². The van der Waals surface area contributed by atoms with Crippen molar-refractivity contribution >= 4 is 0 Å². The largest absolute Gasteiger partial charge is 0.490 e. The van der Waals surface area contributed by atoms with Crippen LogP contribution in [-0.4, -0.2) is 23.0 Å². The maximum Gasteiger partial charge on any atom is 0.163 e. The van der Waals surface area contributed by atoms with Crippen LogP contribution in [-0.2, 0) is 6.54 Å². The normalized spacial score (nSPS) is 10.7. The van der Waals surface area contributed by atoms with Gasteiger partial charge in [-0.1, -0.05) is 0 Å². The molecule has 2 rings (SSSR count). The van der Waals surface area contributed by atoms with Gasteiger partial charge in [0.2, 0.25) is 0 Å². The zero-order valence-electron chi connectivity index (χ0n) is 13.1. The molecule has 2 N–H and O–H groups in total. The van der Waals surface area contributed by atoms with Gasteiger partial charge in [-0.2, -0.15) is 5.10 Å². The summed E-state index contributed by atoms with van der Waals surface area (Å²) in [5.74, 6) is 1.49. The Hall–Kier alpha value is -2.01. The molecule has 0 aliphatic carbocycles. The second-order valence-electron chi connectivity index (χ2n) is 4.76. The molecule has 2 aromatic rings. The molecule has 0 fully saturated rings. The van der Waals surface area contributed by atoms with Gasteiger partial charge in [0.15, 0.2) is 11.5 Å². The van der Waals surface area contributed by atoms with Crippen molar-refractivity contribution < 1.29 is 9.47 Å². The quantitative estimate of drug-likeness (QED) is 0.888. The number of aromatic nitrogens is 2. The van der Waals surface area contributed by atoms with Gasteiger partial charge in [-0.25, -0.2) is 4.68 Å². The summed E-state index contributed by atoms with van der Waals surface area (Å²) in [6.45, 7) is 9.61. The van der Waals surface area contributed by atoms with Crippen LogP contribution in [0.5, 0.6) is 11.5 Å². The maximum atomic E-state index is 5.79. The molecule has 0 bridgehead atoms. The molecule has 0 unspecified atom stereocenters. The highest BCUT2D eigenvalue weighted by Gasteiger charge is 2.13. The van der Waals surface area contributed by atoms with Gasteiger partial charge in [-0.15, -0.1) is 0 Å². The Morgan fingerprint density at radius 1 is 1.10 bits per heavy atom. The first-order valence-corrected chi connectivity index (χ1v) is 7.27. The van der Waals surface area contributed by atoms with Crippen LogP contribution in [0.3, 0.4) is 0 Å². The summed E-state index contributed by atoms with van der Waals surface area (Å²) in [7, 11) is 0. The van der Waals surface area contributed by atoms with E-state index in [-0.39, 0.29) is 0 Å². The lowest BCUT2D eigenvalue weighted by Crippen LogP contribution is -2.04. The summed E-state index contributed by atoms with van der Waals surface area (Å²) < 4.78 is 13.1. The van der Waals surface area contributed by atoms with Crippen molar-refractivity contribution in [3.05, 3.63) is 35.2 Å². The van der Waals surface area contributed by atoms with E-state index in [9.17, 15) is 0 Å². The first-order valence-electron chi connectivity index (χ1n) is 7.27. The SMILES string of the molecule is CCOc1ccc(-n2nc(C)c(CN)c2C)cc1OCC. The van der Waals surface area contributed by atoms with E-state index in [0.29, 0.717) is 19.8 Å². The molecule has 1 aromatic carbocycles. The Kier molecular flexibility index (Phi) is 4.85. The van der Waals surface area contributed by atoms with Crippen molar-refractivity contribution in [3.63, 3.8) is 0 Å². The molecule has 0 radical (unpaired) electrons. The maximum absolute atomic E-state index is 5.79. The summed E-state index contributed by atoms with van der Waals surface area (Å²) in [5, 5.41) is 4.57. The zero-order valence-corrected chi connectivity index (χ0v) is 13.1. The number of nitrogens with zero attached hydrogens (tertiary/aromatic N) is 2. The first kappa shape index (κ1) is 15.4. The Morgan fingerprint density at radius 2 is 1.76 bits per heavy atom. The lowest BCUT2D eigenvalue weighted by molar-refractivity contribution is 0.287. The molecule has 114 valence electrons. The van der Waals surface area contributed by atoms with Crippen LogP contribution in [0.2, 0.25) is 0 Å². The van der Waals surface area contributed by atoms with Crippen molar-refractivity contribution in [2.45, 2.75) is 34.2 Å². The number of hydrogen-bond acceptors (Lipinski definition) is 4. The second-order valence-corrected chi connectivity index (χ2v) is 4.76. The van der Waals surface area contributed by atoms with Gasteiger partial charge >= 0.3 is 0 Å². The molecule has 0 saturated carbocycles. The van der Waals surface area contributed by atoms with E-state index in [4.69, 9.17) is 15.2 Å². The van der Waals surface area contributed by atoms with Crippen LogP contribution in [0.1, 0.15) is 30.8 Å². The molecule has 0 aliphatic rings. The van der Waals surface area contributed by atoms with E-state index in [1.807, 2.05) is 50.6 Å². The van der Waals surface area contributed by atoms with Crippen molar-refractivity contribution in [1.29, 1.82) is 0 Å². The molecule has 5 heteroatoms. The Labute approximate surface area is 125 Å². The van der Waals surface area contributed by atoms with Crippen LogP contribution in [0.4, 0.5) is 0 Å². The Balaban J connectivity index is 2.47. The van der Waals surface area contributed by atoms with Gasteiger partial charge in [-0.05, 0) is 39.8 Å². The summed E-state index contributed by atoms with van der Waals surface area (Å²) in [6.07, 6.45) is 0. The van der Waals surface area contributed by atoms with Crippen LogP contribution in [0, 0.1) is 13.8 Å². The van der Waals surface area contributed by atoms with Crippen molar-refractivity contribution in [1.82, 2.24) is 9.78 Å². The molecule has 21 heavy (non-hydrogen) atoms. The fraction of sp³-hybridized carbons (Fsp3) is 0.438. The van der Waals surface area contributed by atoms with E-state index in [2.05, 4.69) is 5.10 Å². The summed E-state index contributed by atoms with van der Waals surface area (Å²) in [6, 6.07) is 5.85. The highest BCUT2D eigenvalue weighted by Crippen LogP contribution is 2.30. The van der Waals surface area contributed by atoms with Crippen molar-refractivity contribution in [2.75, 3.05) is 13.2 Å². The Bertz CT molecular complexity index is 620.